The van der Waals surface area contributed by atoms with E-state index in [0.29, 0.717) is 48.2 Å². The van der Waals surface area contributed by atoms with Gasteiger partial charge in [0, 0.05) is 57.5 Å². The number of aliphatic hydroxyl groups excluding tert-OH is 2. The van der Waals surface area contributed by atoms with Crippen molar-refractivity contribution in [3.63, 3.8) is 0 Å². The number of phenols is 1. The van der Waals surface area contributed by atoms with Crippen LogP contribution in [-0.2, 0) is 70.7 Å². The van der Waals surface area contributed by atoms with Crippen molar-refractivity contribution in [2.45, 2.75) is 283 Å². The number of aromatic hydroxyl groups is 1. The van der Waals surface area contributed by atoms with Gasteiger partial charge in [0.1, 0.15) is 17.6 Å². The van der Waals surface area contributed by atoms with E-state index in [0.717, 1.165) is 88.2 Å². The van der Waals surface area contributed by atoms with E-state index in [2.05, 4.69) is 19.9 Å². The fourth-order valence-electron chi connectivity index (χ4n) is 16.3. The summed E-state index contributed by atoms with van der Waals surface area (Å²) in [6.07, 6.45) is -4.07. The molecule has 2 aromatic carbocycles. The highest BCUT2D eigenvalue weighted by atomic mass is 127. The number of alkyl halides is 11. The standard InChI is InChI=1S/C35H54F5O7PS.C26H35F5O3S.C9H20ClO4P.HI/c1-31(2,3)46-48(42,47-32(4,5)6)45-22-44-25-11-12-26-24(21-25)20-23(30-27(26)15-17-33(7)28(30)13-14-29(33)41)10-8-18-49(43)19-9-16-34(36,37)35(38,39)40;1-24-11-9-20-19-6-5-18(32)15-17(19)14-16(23(20)21(24)7-8-22(24)33)4-2-12-35(34)13-3-10-25(27,28)26(29,30)31;1-8(2,3)13-15(11,12-7-10)14-9(4,5)6;/h11-12,21,23,27-30,41H,8-10,13-20,22H2,1-7H3;5-6,15-16,20-23,32-33H,2-4,7-14H2,1H3;7H2,1-6H3;1H/t23-,27-,28+,29+,30-,33+,49?;16-,20-,21+,22+,23-,24+,35?;;/m11../s1. The number of ether oxygens (including phenoxy) is 1. The van der Waals surface area contributed by atoms with Crippen LogP contribution in [0.4, 0.5) is 43.9 Å². The molecule has 8 rings (SSSR count). The minimum atomic E-state index is -5.61. The molecule has 14 nitrogen and oxygen atoms in total. The maximum atomic E-state index is 13.4. The first-order valence-corrected chi connectivity index (χ1v) is 41.1. The molecular formula is C70H110ClF10IO14P2S2. The van der Waals surface area contributed by atoms with Crippen LogP contribution in [0.1, 0.15) is 234 Å². The Bertz CT molecular complexity index is 3090. The zero-order chi connectivity index (χ0) is 74.6. The van der Waals surface area contributed by atoms with Crippen molar-refractivity contribution < 1.29 is 109 Å². The van der Waals surface area contributed by atoms with Crippen LogP contribution in [-0.4, -0.2) is 118 Å². The molecule has 0 bridgehead atoms. The first kappa shape index (κ1) is 89.4. The number of hydrogen-bond donors (Lipinski definition) is 3. The molecule has 2 unspecified atom stereocenters. The summed E-state index contributed by atoms with van der Waals surface area (Å²) in [7, 11) is -10.5. The van der Waals surface area contributed by atoms with Gasteiger partial charge in [-0.3, -0.25) is 31.0 Å². The molecular weight excluding hydrogens is 1540 g/mol. The third-order valence-corrected chi connectivity index (χ3v) is 27.5. The average molecular weight is 1650 g/mol. The lowest BCUT2D eigenvalue weighted by atomic mass is 9.52. The SMILES string of the molecule is CC(C)(C)OP(=O)(OCCl)OC(C)(C)C.CC(C)(C)OP(=O)(OCOc1ccc2c(c1)C[C@@H](CCCS(=O)CCCC(F)(F)C(F)(F)F)[C@@H]1[C@@H]2CC[C@]2(C)[C@@H](O)CC[C@@H]12)OC(C)(C)C.C[C@]12CC[C@@H]3c4ccc(O)cc4C[C@@H](CCCS(=O)CCCC(F)(F)C(F)(F)F)[C@H]3[C@@H]1CC[C@@H]2O.I. The number of aliphatic hydroxyl groups is 2. The van der Waals surface area contributed by atoms with E-state index in [4.69, 9.17) is 43.5 Å². The van der Waals surface area contributed by atoms with Crippen molar-refractivity contribution in [2.24, 2.45) is 46.3 Å². The maximum absolute atomic E-state index is 13.4. The summed E-state index contributed by atoms with van der Waals surface area (Å²) in [5.41, 5.74) is 1.65. The number of hydrogen-bond acceptors (Lipinski definition) is 14. The van der Waals surface area contributed by atoms with E-state index in [9.17, 15) is 76.8 Å². The first-order valence-electron chi connectivity index (χ1n) is 34.6. The second kappa shape index (κ2) is 35.0. The lowest BCUT2D eigenvalue weighted by molar-refractivity contribution is -0.284. The Balaban J connectivity index is 0.000000307. The van der Waals surface area contributed by atoms with Gasteiger partial charge in [-0.2, -0.15) is 43.9 Å². The average Bonchev–Trinajstić information content (AvgIpc) is 1.48. The molecule has 30 heteroatoms. The summed E-state index contributed by atoms with van der Waals surface area (Å²) in [5.74, 6) is -6.13. The van der Waals surface area contributed by atoms with Crippen LogP contribution in [0, 0.1) is 46.3 Å². The second-order valence-electron chi connectivity index (χ2n) is 32.5. The number of phenolic OH excluding ortho intramolecular Hbond substituents is 1. The lowest BCUT2D eigenvalue weighted by Crippen LogP contribution is -2.47. The summed E-state index contributed by atoms with van der Waals surface area (Å²) in [6.45, 7) is 25.1. The van der Waals surface area contributed by atoms with E-state index in [-0.39, 0.29) is 106 Å². The van der Waals surface area contributed by atoms with Crippen LogP contribution in [0.5, 0.6) is 11.5 Å². The van der Waals surface area contributed by atoms with Crippen molar-refractivity contribution in [1.82, 2.24) is 0 Å². The Hall–Kier alpha value is -1.20. The van der Waals surface area contributed by atoms with Crippen molar-refractivity contribution in [2.75, 3.05) is 35.9 Å². The summed E-state index contributed by atoms with van der Waals surface area (Å²) >= 11 is 5.39. The molecule has 6 aliphatic rings. The number of phosphoric ester groups is 2. The molecule has 0 heterocycles. The predicted molar refractivity (Wildman–Crippen MR) is 381 cm³/mol. The summed E-state index contributed by atoms with van der Waals surface area (Å²) in [6, 6.07) is 11.3. The topological polar surface area (TPSA) is 194 Å². The highest BCUT2D eigenvalue weighted by Gasteiger charge is 2.60. The van der Waals surface area contributed by atoms with Crippen LogP contribution in [0.2, 0.25) is 0 Å². The number of benzene rings is 2. The predicted octanol–water partition coefficient (Wildman–Crippen LogP) is 20.6. The van der Waals surface area contributed by atoms with E-state index < -0.39 is 110 Å². The van der Waals surface area contributed by atoms with Crippen LogP contribution < -0.4 is 4.74 Å². The van der Waals surface area contributed by atoms with Gasteiger partial charge in [-0.15, -0.1) is 24.0 Å². The molecule has 4 saturated carbocycles. The highest BCUT2D eigenvalue weighted by molar-refractivity contribution is 14.0. The molecule has 0 saturated heterocycles. The van der Waals surface area contributed by atoms with Crippen LogP contribution in [0.25, 0.3) is 0 Å². The van der Waals surface area contributed by atoms with Gasteiger partial charge in [0.25, 0.3) is 0 Å². The van der Waals surface area contributed by atoms with Crippen molar-refractivity contribution in [3.8, 4) is 11.5 Å². The van der Waals surface area contributed by atoms with Crippen LogP contribution in [0.3, 0.4) is 0 Å². The minimum absolute atomic E-state index is 0. The number of phosphoric acid groups is 2. The molecule has 0 spiro atoms. The third kappa shape index (κ3) is 24.7. The van der Waals surface area contributed by atoms with E-state index in [1.54, 1.807) is 89.2 Å². The molecule has 100 heavy (non-hydrogen) atoms. The van der Waals surface area contributed by atoms with E-state index in [1.165, 1.54) is 11.1 Å². The van der Waals surface area contributed by atoms with Gasteiger partial charge in [0.05, 0.1) is 34.6 Å². The molecule has 2 aromatic rings. The molecule has 4 fully saturated rings. The van der Waals surface area contributed by atoms with E-state index in [1.807, 2.05) is 24.3 Å². The Kier molecular flexibility index (Phi) is 31.3. The monoisotopic (exact) mass is 1650 g/mol. The van der Waals surface area contributed by atoms with Crippen LogP contribution >= 0.6 is 51.2 Å². The maximum Gasteiger partial charge on any atom is 0.478 e. The Morgan fingerprint density at radius 1 is 0.530 bits per heavy atom. The Morgan fingerprint density at radius 3 is 1.26 bits per heavy atom. The van der Waals surface area contributed by atoms with E-state index >= 15 is 0 Å². The third-order valence-electron chi connectivity index (χ3n) is 20.3. The van der Waals surface area contributed by atoms with Gasteiger partial charge in [0.2, 0.25) is 0 Å². The molecule has 0 amide bonds. The van der Waals surface area contributed by atoms with Gasteiger partial charge in [-0.05, 0) is 291 Å². The van der Waals surface area contributed by atoms with Crippen molar-refractivity contribution >= 4 is 72.8 Å². The number of rotatable bonds is 26. The fraction of sp³-hybridized carbons (Fsp3) is 0.829. The van der Waals surface area contributed by atoms with Gasteiger partial charge >= 0.3 is 39.8 Å². The quantitative estimate of drug-likeness (QED) is 0.0265. The largest absolute Gasteiger partial charge is 0.508 e. The first-order chi connectivity index (χ1) is 45.2. The highest BCUT2D eigenvalue weighted by Crippen LogP contribution is 2.65. The molecule has 14 atom stereocenters. The van der Waals surface area contributed by atoms with Gasteiger partial charge in [0.15, 0.2) is 6.79 Å². The zero-order valence-electron chi connectivity index (χ0n) is 60.3. The van der Waals surface area contributed by atoms with Crippen molar-refractivity contribution in [1.29, 1.82) is 0 Å². The van der Waals surface area contributed by atoms with Crippen LogP contribution in [0.15, 0.2) is 36.4 Å². The minimum Gasteiger partial charge on any atom is -0.508 e. The molecule has 0 aliphatic heterocycles. The summed E-state index contributed by atoms with van der Waals surface area (Å²) in [5, 5.41) is 31.7. The zero-order valence-corrected chi connectivity index (χ0v) is 66.8. The normalized spacial score (nSPS) is 27.9. The number of halogens is 12. The second-order valence-corrected chi connectivity index (χ2v) is 39.1. The smallest absolute Gasteiger partial charge is 0.478 e. The Morgan fingerprint density at radius 2 is 0.890 bits per heavy atom. The van der Waals surface area contributed by atoms with Gasteiger partial charge in [-0.25, -0.2) is 13.7 Å². The molecule has 0 aromatic heterocycles. The molecule has 3 N–H and O–H groups in total. The molecule has 6 aliphatic carbocycles. The van der Waals surface area contributed by atoms with Gasteiger partial charge in [-0.1, -0.05) is 37.6 Å². The molecule has 0 radical (unpaired) electrons. The Labute approximate surface area is 613 Å². The van der Waals surface area contributed by atoms with Gasteiger partial charge < -0.3 is 20.1 Å². The lowest BCUT2D eigenvalue weighted by Gasteiger charge is -2.53. The number of fused-ring (bicyclic) bond motifs is 10. The summed E-state index contributed by atoms with van der Waals surface area (Å²) in [4.78, 5) is 0. The molecule has 580 valence electrons. The summed E-state index contributed by atoms with van der Waals surface area (Å²) < 4.78 is 216. The van der Waals surface area contributed by atoms with Crippen molar-refractivity contribution in [3.05, 3.63) is 58.7 Å². The fourth-order valence-corrected chi connectivity index (χ4v) is 22.2.